The maximum Gasteiger partial charge on any atom is 0.139 e. The number of imidazole rings is 1. The van der Waals surface area contributed by atoms with E-state index in [9.17, 15) is 0 Å². The van der Waals surface area contributed by atoms with Crippen molar-refractivity contribution in [1.82, 2.24) is 9.38 Å². The van der Waals surface area contributed by atoms with E-state index in [0.29, 0.717) is 12.4 Å². The minimum Gasteiger partial charge on any atom is -0.489 e. The molecule has 0 saturated carbocycles. The number of hydrogen-bond donors (Lipinski definition) is 1. The Kier molecular flexibility index (Phi) is 3.59. The van der Waals surface area contributed by atoms with Gasteiger partial charge in [-0.3, -0.25) is 4.40 Å². The molecule has 0 aliphatic heterocycles. The lowest BCUT2D eigenvalue weighted by Gasteiger charge is -2.06. The van der Waals surface area contributed by atoms with Crippen molar-refractivity contribution in [3.8, 4) is 17.0 Å². The van der Waals surface area contributed by atoms with Gasteiger partial charge in [0.25, 0.3) is 0 Å². The van der Waals surface area contributed by atoms with E-state index in [-0.39, 0.29) is 0 Å². The Morgan fingerprint density at radius 1 is 1.27 bits per heavy atom. The smallest absolute Gasteiger partial charge is 0.139 e. The van der Waals surface area contributed by atoms with E-state index in [4.69, 9.17) is 10.5 Å². The van der Waals surface area contributed by atoms with Crippen molar-refractivity contribution >= 4 is 11.5 Å². The first-order chi connectivity index (χ1) is 10.5. The summed E-state index contributed by atoms with van der Waals surface area (Å²) in [4.78, 5) is 4.63. The van der Waals surface area contributed by atoms with Crippen molar-refractivity contribution in [2.75, 3.05) is 12.3 Å². The van der Waals surface area contributed by atoms with Crippen LogP contribution in [0.2, 0.25) is 0 Å². The van der Waals surface area contributed by atoms with Gasteiger partial charge in [0.1, 0.15) is 29.5 Å². The molecule has 4 nitrogen and oxygen atoms in total. The molecule has 4 heteroatoms. The second kappa shape index (κ2) is 5.56. The highest BCUT2D eigenvalue weighted by Crippen LogP contribution is 2.28. The Morgan fingerprint density at radius 2 is 2.00 bits per heavy atom. The Labute approximate surface area is 129 Å². The molecular formula is C18H19N3O. The quantitative estimate of drug-likeness (QED) is 0.743. The number of ether oxygens (including phenoxy) is 1. The van der Waals surface area contributed by atoms with E-state index in [1.54, 1.807) is 0 Å². The SMILES string of the molecule is C=C(C)COc1ccc(-c2nc3cc(C)ccn3c2N)cc1. The number of aryl methyl sites for hydroxylation is 1. The van der Waals surface area contributed by atoms with Gasteiger partial charge in [0.15, 0.2) is 0 Å². The number of fused-ring (bicyclic) bond motifs is 1. The van der Waals surface area contributed by atoms with Gasteiger partial charge < -0.3 is 10.5 Å². The third-order valence-electron chi connectivity index (χ3n) is 3.43. The Morgan fingerprint density at radius 3 is 2.68 bits per heavy atom. The molecule has 0 atom stereocenters. The number of nitrogens with two attached hydrogens (primary N) is 1. The van der Waals surface area contributed by atoms with Crippen LogP contribution < -0.4 is 10.5 Å². The second-order valence-corrected chi connectivity index (χ2v) is 5.55. The molecule has 0 saturated heterocycles. The molecule has 0 fully saturated rings. The summed E-state index contributed by atoms with van der Waals surface area (Å²) in [5.74, 6) is 1.45. The number of anilines is 1. The summed E-state index contributed by atoms with van der Waals surface area (Å²) in [7, 11) is 0. The molecule has 0 bridgehead atoms. The van der Waals surface area contributed by atoms with Gasteiger partial charge in [-0.15, -0.1) is 0 Å². The predicted molar refractivity (Wildman–Crippen MR) is 90.1 cm³/mol. The van der Waals surface area contributed by atoms with Crippen LogP contribution in [0, 0.1) is 6.92 Å². The average molecular weight is 293 g/mol. The molecule has 2 aromatic heterocycles. The highest BCUT2D eigenvalue weighted by atomic mass is 16.5. The molecular weight excluding hydrogens is 274 g/mol. The number of nitrogen functional groups attached to an aromatic ring is 1. The van der Waals surface area contributed by atoms with E-state index in [0.717, 1.165) is 33.8 Å². The fraction of sp³-hybridized carbons (Fsp3) is 0.167. The zero-order chi connectivity index (χ0) is 15.7. The lowest BCUT2D eigenvalue weighted by Crippen LogP contribution is -1.97. The predicted octanol–water partition coefficient (Wildman–Crippen LogP) is 3.85. The van der Waals surface area contributed by atoms with Gasteiger partial charge in [-0.1, -0.05) is 6.58 Å². The van der Waals surface area contributed by atoms with E-state index >= 15 is 0 Å². The first-order valence-corrected chi connectivity index (χ1v) is 7.16. The van der Waals surface area contributed by atoms with E-state index in [1.807, 2.05) is 60.8 Å². The lowest BCUT2D eigenvalue weighted by molar-refractivity contribution is 0.353. The maximum absolute atomic E-state index is 6.22. The van der Waals surface area contributed by atoms with Gasteiger partial charge in [-0.25, -0.2) is 4.98 Å². The third-order valence-corrected chi connectivity index (χ3v) is 3.43. The second-order valence-electron chi connectivity index (χ2n) is 5.55. The summed E-state index contributed by atoms with van der Waals surface area (Å²) in [5, 5.41) is 0. The molecule has 1 aromatic carbocycles. The molecule has 22 heavy (non-hydrogen) atoms. The number of aromatic nitrogens is 2. The molecule has 0 amide bonds. The van der Waals surface area contributed by atoms with Crippen molar-refractivity contribution in [2.24, 2.45) is 0 Å². The molecule has 0 spiro atoms. The fourth-order valence-electron chi connectivity index (χ4n) is 2.29. The fourth-order valence-corrected chi connectivity index (χ4v) is 2.29. The number of hydrogen-bond acceptors (Lipinski definition) is 3. The number of benzene rings is 1. The molecule has 0 aliphatic rings. The molecule has 112 valence electrons. The first kappa shape index (κ1) is 14.2. The van der Waals surface area contributed by atoms with Crippen LogP contribution in [0.25, 0.3) is 16.9 Å². The molecule has 3 rings (SSSR count). The van der Waals surface area contributed by atoms with Crippen LogP contribution in [0.4, 0.5) is 5.82 Å². The van der Waals surface area contributed by atoms with E-state index in [1.165, 1.54) is 0 Å². The molecule has 2 N–H and O–H groups in total. The molecule has 0 aliphatic carbocycles. The highest BCUT2D eigenvalue weighted by Gasteiger charge is 2.11. The van der Waals surface area contributed by atoms with Gasteiger partial charge in [-0.2, -0.15) is 0 Å². The molecule has 0 radical (unpaired) electrons. The van der Waals surface area contributed by atoms with Crippen LogP contribution >= 0.6 is 0 Å². The summed E-state index contributed by atoms with van der Waals surface area (Å²) in [6, 6.07) is 11.8. The summed E-state index contributed by atoms with van der Waals surface area (Å²) >= 11 is 0. The van der Waals surface area contributed by atoms with Crippen LogP contribution in [0.3, 0.4) is 0 Å². The van der Waals surface area contributed by atoms with Crippen LogP contribution in [-0.2, 0) is 0 Å². The summed E-state index contributed by atoms with van der Waals surface area (Å²) < 4.78 is 7.50. The van der Waals surface area contributed by atoms with E-state index < -0.39 is 0 Å². The summed E-state index contributed by atoms with van der Waals surface area (Å²) in [6.07, 6.45) is 1.95. The molecule has 2 heterocycles. The van der Waals surface area contributed by atoms with Crippen LogP contribution in [0.1, 0.15) is 12.5 Å². The first-order valence-electron chi connectivity index (χ1n) is 7.16. The Balaban J connectivity index is 1.94. The Bertz CT molecular complexity index is 831. The standard InChI is InChI=1S/C18H19N3O/c1-12(2)11-22-15-6-4-14(5-7-15)17-18(19)21-9-8-13(3)10-16(21)20-17/h4-10H,1,11,19H2,2-3H3. The van der Waals surface area contributed by atoms with Crippen molar-refractivity contribution in [3.63, 3.8) is 0 Å². The van der Waals surface area contributed by atoms with Gasteiger partial charge in [0.05, 0.1) is 0 Å². The average Bonchev–Trinajstić information content (AvgIpc) is 2.82. The zero-order valence-electron chi connectivity index (χ0n) is 12.8. The largest absolute Gasteiger partial charge is 0.489 e. The maximum atomic E-state index is 6.22. The third kappa shape index (κ3) is 2.68. The molecule has 3 aromatic rings. The van der Waals surface area contributed by atoms with E-state index in [2.05, 4.69) is 11.6 Å². The summed E-state index contributed by atoms with van der Waals surface area (Å²) in [5.41, 5.74) is 11.0. The van der Waals surface area contributed by atoms with Gasteiger partial charge in [0, 0.05) is 11.8 Å². The Hall–Kier alpha value is -2.75. The van der Waals surface area contributed by atoms with Gasteiger partial charge >= 0.3 is 0 Å². The van der Waals surface area contributed by atoms with Crippen LogP contribution in [0.15, 0.2) is 54.7 Å². The molecule has 0 unspecified atom stereocenters. The van der Waals surface area contributed by atoms with Crippen molar-refractivity contribution in [2.45, 2.75) is 13.8 Å². The van der Waals surface area contributed by atoms with Crippen molar-refractivity contribution < 1.29 is 4.74 Å². The highest BCUT2D eigenvalue weighted by molar-refractivity contribution is 5.75. The summed E-state index contributed by atoms with van der Waals surface area (Å²) in [6.45, 7) is 8.33. The zero-order valence-corrected chi connectivity index (χ0v) is 12.8. The van der Waals surface area contributed by atoms with Gasteiger partial charge in [0.2, 0.25) is 0 Å². The van der Waals surface area contributed by atoms with Crippen molar-refractivity contribution in [1.29, 1.82) is 0 Å². The van der Waals surface area contributed by atoms with Crippen LogP contribution in [0.5, 0.6) is 5.75 Å². The number of nitrogens with zero attached hydrogens (tertiary/aromatic N) is 2. The number of rotatable bonds is 4. The normalized spacial score (nSPS) is 10.8. The van der Waals surface area contributed by atoms with Gasteiger partial charge in [-0.05, 0) is 61.4 Å². The van der Waals surface area contributed by atoms with Crippen molar-refractivity contribution in [3.05, 3.63) is 60.3 Å². The minimum atomic E-state index is 0.523. The lowest BCUT2D eigenvalue weighted by atomic mass is 10.1. The minimum absolute atomic E-state index is 0.523. The monoisotopic (exact) mass is 293 g/mol. The number of pyridine rings is 1. The topological polar surface area (TPSA) is 52.5 Å². The van der Waals surface area contributed by atoms with Crippen LogP contribution in [-0.4, -0.2) is 16.0 Å².